The molecule has 0 fully saturated rings. The molecule has 2 aromatic carbocycles. The van der Waals surface area contributed by atoms with Gasteiger partial charge in [-0.05, 0) is 23.8 Å². The van der Waals surface area contributed by atoms with E-state index in [1.807, 2.05) is 12.1 Å². The number of benzene rings is 2. The van der Waals surface area contributed by atoms with E-state index in [0.29, 0.717) is 5.56 Å². The third-order valence-corrected chi connectivity index (χ3v) is 3.08. The molecule has 2 nitrogen and oxygen atoms in total. The van der Waals surface area contributed by atoms with Crippen molar-refractivity contribution in [2.75, 3.05) is 7.11 Å². The van der Waals surface area contributed by atoms with Crippen LogP contribution >= 0.6 is 11.6 Å². The molecule has 0 amide bonds. The van der Waals surface area contributed by atoms with Crippen LogP contribution in [-0.4, -0.2) is 7.11 Å². The lowest BCUT2D eigenvalue weighted by atomic mass is 9.99. The van der Waals surface area contributed by atoms with Crippen molar-refractivity contribution in [3.8, 4) is 5.75 Å². The molecule has 94 valence electrons. The Morgan fingerprint density at radius 1 is 1.17 bits per heavy atom. The summed E-state index contributed by atoms with van der Waals surface area (Å²) >= 11 is 5.74. The Kier molecular flexibility index (Phi) is 3.84. The zero-order chi connectivity index (χ0) is 13.1. The number of halogens is 2. The number of nitrogens with two attached hydrogens (primary N) is 1. The van der Waals surface area contributed by atoms with Gasteiger partial charge < -0.3 is 10.5 Å². The van der Waals surface area contributed by atoms with Crippen LogP contribution in [0, 0.1) is 5.82 Å². The number of methoxy groups -OCH3 is 1. The van der Waals surface area contributed by atoms with Gasteiger partial charge in [-0.1, -0.05) is 35.9 Å². The second kappa shape index (κ2) is 5.38. The fourth-order valence-electron chi connectivity index (χ4n) is 1.75. The van der Waals surface area contributed by atoms with E-state index in [1.165, 1.54) is 6.07 Å². The molecule has 2 rings (SSSR count). The van der Waals surface area contributed by atoms with Gasteiger partial charge in [-0.3, -0.25) is 0 Å². The summed E-state index contributed by atoms with van der Waals surface area (Å²) in [5.41, 5.74) is 7.22. The molecule has 0 aliphatic heterocycles. The van der Waals surface area contributed by atoms with E-state index in [-0.39, 0.29) is 5.02 Å². The maximum Gasteiger partial charge on any atom is 0.146 e. The van der Waals surface area contributed by atoms with E-state index in [9.17, 15) is 4.39 Å². The first kappa shape index (κ1) is 12.9. The van der Waals surface area contributed by atoms with Gasteiger partial charge in [-0.25, -0.2) is 4.39 Å². The molecule has 0 heterocycles. The molecule has 0 aliphatic carbocycles. The molecular formula is C14H13ClFNO. The first-order chi connectivity index (χ1) is 8.63. The van der Waals surface area contributed by atoms with Crippen molar-refractivity contribution in [1.82, 2.24) is 0 Å². The monoisotopic (exact) mass is 265 g/mol. The molecule has 0 saturated carbocycles. The van der Waals surface area contributed by atoms with Crippen LogP contribution in [0.5, 0.6) is 5.75 Å². The van der Waals surface area contributed by atoms with Gasteiger partial charge in [-0.15, -0.1) is 0 Å². The molecule has 1 unspecified atom stereocenters. The van der Waals surface area contributed by atoms with Crippen LogP contribution in [0.15, 0.2) is 42.5 Å². The molecule has 0 radical (unpaired) electrons. The summed E-state index contributed by atoms with van der Waals surface area (Å²) in [6.07, 6.45) is 0. The highest BCUT2D eigenvalue weighted by atomic mass is 35.5. The van der Waals surface area contributed by atoms with Crippen LogP contribution in [0.3, 0.4) is 0 Å². The van der Waals surface area contributed by atoms with Crippen molar-refractivity contribution >= 4 is 11.6 Å². The Balaban J connectivity index is 2.35. The molecule has 4 heteroatoms. The second-order valence-electron chi connectivity index (χ2n) is 3.89. The van der Waals surface area contributed by atoms with Gasteiger partial charge in [0.2, 0.25) is 0 Å². The van der Waals surface area contributed by atoms with E-state index >= 15 is 0 Å². The summed E-state index contributed by atoms with van der Waals surface area (Å²) in [5.74, 6) is 0.264. The minimum atomic E-state index is -0.547. The Morgan fingerprint density at radius 2 is 1.83 bits per heavy atom. The standard InChI is InChI=1S/C14H13ClFNO/c1-18-10-7-5-9(6-8-10)14(17)11-3-2-4-12(15)13(11)16/h2-8,14H,17H2,1H3. The smallest absolute Gasteiger partial charge is 0.146 e. The Bertz CT molecular complexity index is 542. The van der Waals surface area contributed by atoms with Crippen LogP contribution in [0.25, 0.3) is 0 Å². The van der Waals surface area contributed by atoms with Crippen molar-refractivity contribution in [3.63, 3.8) is 0 Å². The van der Waals surface area contributed by atoms with Gasteiger partial charge in [0.25, 0.3) is 0 Å². The summed E-state index contributed by atoms with van der Waals surface area (Å²) in [4.78, 5) is 0. The molecule has 18 heavy (non-hydrogen) atoms. The molecule has 0 saturated heterocycles. The van der Waals surface area contributed by atoms with E-state index in [0.717, 1.165) is 11.3 Å². The average Bonchev–Trinajstić information content (AvgIpc) is 2.41. The van der Waals surface area contributed by atoms with E-state index < -0.39 is 11.9 Å². The van der Waals surface area contributed by atoms with Crippen LogP contribution in [0.1, 0.15) is 17.2 Å². The highest BCUT2D eigenvalue weighted by Crippen LogP contribution is 2.27. The van der Waals surface area contributed by atoms with E-state index in [1.54, 1.807) is 31.4 Å². The zero-order valence-corrected chi connectivity index (χ0v) is 10.6. The molecule has 0 bridgehead atoms. The van der Waals surface area contributed by atoms with Crippen molar-refractivity contribution in [2.45, 2.75) is 6.04 Å². The minimum Gasteiger partial charge on any atom is -0.497 e. The SMILES string of the molecule is COc1ccc(C(N)c2cccc(Cl)c2F)cc1. The van der Waals surface area contributed by atoms with Crippen molar-refractivity contribution in [1.29, 1.82) is 0 Å². The van der Waals surface area contributed by atoms with Crippen molar-refractivity contribution < 1.29 is 9.13 Å². The number of rotatable bonds is 3. The van der Waals surface area contributed by atoms with Crippen LogP contribution in [0.4, 0.5) is 4.39 Å². The topological polar surface area (TPSA) is 35.2 Å². The lowest BCUT2D eigenvalue weighted by Gasteiger charge is -2.14. The van der Waals surface area contributed by atoms with Gasteiger partial charge in [0.1, 0.15) is 11.6 Å². The highest BCUT2D eigenvalue weighted by Gasteiger charge is 2.15. The van der Waals surface area contributed by atoms with Crippen molar-refractivity contribution in [2.24, 2.45) is 5.73 Å². The third-order valence-electron chi connectivity index (χ3n) is 2.79. The lowest BCUT2D eigenvalue weighted by molar-refractivity contribution is 0.414. The maximum atomic E-state index is 13.8. The van der Waals surface area contributed by atoms with Gasteiger partial charge in [0.05, 0.1) is 18.2 Å². The molecule has 0 aliphatic rings. The summed E-state index contributed by atoms with van der Waals surface area (Å²) < 4.78 is 18.9. The first-order valence-corrected chi connectivity index (χ1v) is 5.84. The van der Waals surface area contributed by atoms with Crippen LogP contribution < -0.4 is 10.5 Å². The summed E-state index contributed by atoms with van der Waals surface area (Å²) in [5, 5.41) is 0.0801. The minimum absolute atomic E-state index is 0.0801. The largest absolute Gasteiger partial charge is 0.497 e. The Morgan fingerprint density at radius 3 is 2.44 bits per heavy atom. The molecule has 0 spiro atoms. The highest BCUT2D eigenvalue weighted by molar-refractivity contribution is 6.30. The number of hydrogen-bond donors (Lipinski definition) is 1. The normalized spacial score (nSPS) is 12.2. The van der Waals surface area contributed by atoms with Gasteiger partial charge in [-0.2, -0.15) is 0 Å². The molecular weight excluding hydrogens is 253 g/mol. The predicted molar refractivity (Wildman–Crippen MR) is 70.4 cm³/mol. The van der Waals surface area contributed by atoms with Gasteiger partial charge in [0.15, 0.2) is 0 Å². The van der Waals surface area contributed by atoms with Crippen molar-refractivity contribution in [3.05, 3.63) is 64.4 Å². The molecule has 0 aromatic heterocycles. The van der Waals surface area contributed by atoms with Crippen LogP contribution in [-0.2, 0) is 0 Å². The Labute approximate surface area is 110 Å². The molecule has 2 N–H and O–H groups in total. The Hall–Kier alpha value is -1.58. The lowest BCUT2D eigenvalue weighted by Crippen LogP contribution is -2.13. The fraction of sp³-hybridized carbons (Fsp3) is 0.143. The van der Waals surface area contributed by atoms with E-state index in [4.69, 9.17) is 22.1 Å². The predicted octanol–water partition coefficient (Wildman–Crippen LogP) is 3.54. The summed E-state index contributed by atoms with van der Waals surface area (Å²) in [6, 6.07) is 11.5. The molecule has 1 atom stereocenters. The quantitative estimate of drug-likeness (QED) is 0.921. The van der Waals surface area contributed by atoms with Gasteiger partial charge >= 0.3 is 0 Å². The zero-order valence-electron chi connectivity index (χ0n) is 9.86. The maximum absolute atomic E-state index is 13.8. The third kappa shape index (κ3) is 2.47. The second-order valence-corrected chi connectivity index (χ2v) is 4.30. The van der Waals surface area contributed by atoms with Crippen LogP contribution in [0.2, 0.25) is 5.02 Å². The van der Waals surface area contributed by atoms with E-state index in [2.05, 4.69) is 0 Å². The number of hydrogen-bond acceptors (Lipinski definition) is 2. The molecule has 2 aromatic rings. The fourth-order valence-corrected chi connectivity index (χ4v) is 1.93. The average molecular weight is 266 g/mol. The summed E-state index contributed by atoms with van der Waals surface area (Å²) in [6.45, 7) is 0. The number of ether oxygens (including phenoxy) is 1. The summed E-state index contributed by atoms with van der Waals surface area (Å²) in [7, 11) is 1.59. The van der Waals surface area contributed by atoms with Gasteiger partial charge in [0, 0.05) is 5.56 Å². The first-order valence-electron chi connectivity index (χ1n) is 5.47.